The largest absolute Gasteiger partial charge is 0.326 e. The van der Waals surface area contributed by atoms with Gasteiger partial charge in [-0.1, -0.05) is 27.2 Å². The van der Waals surface area contributed by atoms with Crippen LogP contribution in [0.4, 0.5) is 0 Å². The third-order valence-electron chi connectivity index (χ3n) is 2.92. The van der Waals surface area contributed by atoms with Crippen molar-refractivity contribution in [3.8, 4) is 0 Å². The first-order valence-corrected chi connectivity index (χ1v) is 6.12. The van der Waals surface area contributed by atoms with Crippen molar-refractivity contribution in [3.63, 3.8) is 0 Å². The Kier molecular flexibility index (Phi) is 4.58. The molecule has 1 N–H and O–H groups in total. The molecule has 0 bridgehead atoms. The first-order chi connectivity index (χ1) is 7.06. The van der Waals surface area contributed by atoms with Crippen molar-refractivity contribution >= 4 is 5.91 Å². The maximum Gasteiger partial charge on any atom is 0.240 e. The highest BCUT2D eigenvalue weighted by Gasteiger charge is 2.35. The Hall–Kier alpha value is -0.570. The number of rotatable bonds is 5. The van der Waals surface area contributed by atoms with Crippen LogP contribution in [0.3, 0.4) is 0 Å². The lowest BCUT2D eigenvalue weighted by molar-refractivity contribution is -0.129. The standard InChI is InChI=1S/C12H24N2O/c1-5-6-7-14-11(8-9(2)3)13-10(4)12(14)15/h9-11,13H,5-8H2,1-4H3. The molecule has 0 saturated carbocycles. The quantitative estimate of drug-likeness (QED) is 0.755. The molecule has 1 aliphatic rings. The molecule has 0 aromatic rings. The SMILES string of the molecule is CCCCN1C(=O)C(C)NC1CC(C)C. The Morgan fingerprint density at radius 3 is 2.67 bits per heavy atom. The minimum absolute atomic E-state index is 0.00519. The fourth-order valence-corrected chi connectivity index (χ4v) is 2.09. The summed E-state index contributed by atoms with van der Waals surface area (Å²) in [5, 5.41) is 3.37. The summed E-state index contributed by atoms with van der Waals surface area (Å²) in [6, 6.07) is 0.00519. The van der Waals surface area contributed by atoms with E-state index in [1.54, 1.807) is 0 Å². The molecule has 1 amide bonds. The smallest absolute Gasteiger partial charge is 0.240 e. The average molecular weight is 212 g/mol. The van der Waals surface area contributed by atoms with E-state index in [9.17, 15) is 4.79 Å². The van der Waals surface area contributed by atoms with Crippen molar-refractivity contribution in [2.24, 2.45) is 5.92 Å². The van der Waals surface area contributed by atoms with Gasteiger partial charge in [0.15, 0.2) is 0 Å². The lowest BCUT2D eigenvalue weighted by atomic mass is 10.1. The molecule has 0 aliphatic carbocycles. The van der Waals surface area contributed by atoms with Crippen LogP contribution in [-0.4, -0.2) is 29.6 Å². The van der Waals surface area contributed by atoms with Crippen LogP contribution in [0.1, 0.15) is 47.0 Å². The Morgan fingerprint density at radius 1 is 1.47 bits per heavy atom. The molecule has 2 atom stereocenters. The van der Waals surface area contributed by atoms with Crippen molar-refractivity contribution in [3.05, 3.63) is 0 Å². The van der Waals surface area contributed by atoms with E-state index in [0.717, 1.165) is 25.8 Å². The zero-order chi connectivity index (χ0) is 11.4. The van der Waals surface area contributed by atoms with Crippen LogP contribution in [0.2, 0.25) is 0 Å². The molecule has 0 spiro atoms. The molecule has 3 nitrogen and oxygen atoms in total. The molecule has 0 radical (unpaired) electrons. The molecule has 1 saturated heterocycles. The van der Waals surface area contributed by atoms with Crippen LogP contribution in [0.15, 0.2) is 0 Å². The van der Waals surface area contributed by atoms with E-state index in [-0.39, 0.29) is 18.1 Å². The minimum Gasteiger partial charge on any atom is -0.326 e. The van der Waals surface area contributed by atoms with Crippen molar-refractivity contribution in [2.45, 2.75) is 59.2 Å². The first-order valence-electron chi connectivity index (χ1n) is 6.12. The number of nitrogens with zero attached hydrogens (tertiary/aromatic N) is 1. The lowest BCUT2D eigenvalue weighted by Crippen LogP contribution is -2.38. The van der Waals surface area contributed by atoms with Crippen molar-refractivity contribution in [1.82, 2.24) is 10.2 Å². The molecular formula is C12H24N2O. The third-order valence-corrected chi connectivity index (χ3v) is 2.92. The van der Waals surface area contributed by atoms with E-state index in [0.29, 0.717) is 5.92 Å². The van der Waals surface area contributed by atoms with Gasteiger partial charge >= 0.3 is 0 Å². The monoisotopic (exact) mass is 212 g/mol. The number of amides is 1. The van der Waals surface area contributed by atoms with Gasteiger partial charge in [-0.2, -0.15) is 0 Å². The van der Waals surface area contributed by atoms with Crippen LogP contribution in [-0.2, 0) is 4.79 Å². The minimum atomic E-state index is 0.00519. The van der Waals surface area contributed by atoms with Gasteiger partial charge < -0.3 is 4.90 Å². The lowest BCUT2D eigenvalue weighted by Gasteiger charge is -2.25. The first kappa shape index (κ1) is 12.5. The molecule has 0 aromatic heterocycles. The Balaban J connectivity index is 2.56. The van der Waals surface area contributed by atoms with Gasteiger partial charge in [-0.05, 0) is 25.7 Å². The van der Waals surface area contributed by atoms with Crippen LogP contribution in [0.25, 0.3) is 0 Å². The molecule has 1 heterocycles. The maximum absolute atomic E-state index is 11.9. The number of unbranched alkanes of at least 4 members (excludes halogenated alkanes) is 1. The van der Waals surface area contributed by atoms with E-state index in [1.165, 1.54) is 0 Å². The molecule has 1 aliphatic heterocycles. The van der Waals surface area contributed by atoms with Crippen LogP contribution < -0.4 is 5.32 Å². The van der Waals surface area contributed by atoms with E-state index >= 15 is 0 Å². The summed E-state index contributed by atoms with van der Waals surface area (Å²) in [4.78, 5) is 13.9. The molecule has 3 heteroatoms. The number of nitrogens with one attached hydrogen (secondary N) is 1. The second-order valence-corrected chi connectivity index (χ2v) is 4.92. The van der Waals surface area contributed by atoms with E-state index in [4.69, 9.17) is 0 Å². The fourth-order valence-electron chi connectivity index (χ4n) is 2.09. The molecule has 2 unspecified atom stereocenters. The molecule has 1 rings (SSSR count). The number of carbonyl (C=O) groups is 1. The van der Waals surface area contributed by atoms with E-state index < -0.39 is 0 Å². The zero-order valence-electron chi connectivity index (χ0n) is 10.4. The van der Waals surface area contributed by atoms with Crippen molar-refractivity contribution in [1.29, 1.82) is 0 Å². The van der Waals surface area contributed by atoms with E-state index in [1.807, 2.05) is 11.8 Å². The van der Waals surface area contributed by atoms with Gasteiger partial charge in [0.05, 0.1) is 12.2 Å². The summed E-state index contributed by atoms with van der Waals surface area (Å²) < 4.78 is 0. The van der Waals surface area contributed by atoms with Crippen molar-refractivity contribution in [2.75, 3.05) is 6.54 Å². The van der Waals surface area contributed by atoms with E-state index in [2.05, 4.69) is 26.1 Å². The number of hydrogen-bond donors (Lipinski definition) is 1. The van der Waals surface area contributed by atoms with Crippen molar-refractivity contribution < 1.29 is 4.79 Å². The Bertz CT molecular complexity index is 216. The zero-order valence-corrected chi connectivity index (χ0v) is 10.4. The molecule has 1 fully saturated rings. The highest BCUT2D eigenvalue weighted by molar-refractivity contribution is 5.83. The third kappa shape index (κ3) is 3.20. The van der Waals surface area contributed by atoms with Crippen LogP contribution >= 0.6 is 0 Å². The number of hydrogen-bond acceptors (Lipinski definition) is 2. The van der Waals surface area contributed by atoms with Gasteiger partial charge in [0.25, 0.3) is 0 Å². The molecular weight excluding hydrogens is 188 g/mol. The highest BCUT2D eigenvalue weighted by atomic mass is 16.2. The van der Waals surface area contributed by atoms with Gasteiger partial charge in [-0.3, -0.25) is 10.1 Å². The van der Waals surface area contributed by atoms with Gasteiger partial charge in [0, 0.05) is 6.54 Å². The summed E-state index contributed by atoms with van der Waals surface area (Å²) in [5.74, 6) is 0.902. The summed E-state index contributed by atoms with van der Waals surface area (Å²) >= 11 is 0. The maximum atomic E-state index is 11.9. The molecule has 88 valence electrons. The summed E-state index contributed by atoms with van der Waals surface area (Å²) in [6.07, 6.45) is 3.57. The normalized spacial score (nSPS) is 26.7. The summed E-state index contributed by atoms with van der Waals surface area (Å²) in [6.45, 7) is 9.43. The highest BCUT2D eigenvalue weighted by Crippen LogP contribution is 2.17. The fraction of sp³-hybridized carbons (Fsp3) is 0.917. The Labute approximate surface area is 93.2 Å². The van der Waals surface area contributed by atoms with Gasteiger partial charge in [0.2, 0.25) is 5.91 Å². The number of carbonyl (C=O) groups excluding carboxylic acids is 1. The molecule has 0 aromatic carbocycles. The van der Waals surface area contributed by atoms with Gasteiger partial charge in [-0.15, -0.1) is 0 Å². The second-order valence-electron chi connectivity index (χ2n) is 4.92. The van der Waals surface area contributed by atoms with Crippen LogP contribution in [0.5, 0.6) is 0 Å². The average Bonchev–Trinajstić information content (AvgIpc) is 2.40. The second kappa shape index (κ2) is 5.50. The molecule has 15 heavy (non-hydrogen) atoms. The summed E-state index contributed by atoms with van der Waals surface area (Å²) in [7, 11) is 0. The van der Waals surface area contributed by atoms with Gasteiger partial charge in [-0.25, -0.2) is 0 Å². The summed E-state index contributed by atoms with van der Waals surface area (Å²) in [5.41, 5.74) is 0. The predicted octanol–water partition coefficient (Wildman–Crippen LogP) is 1.98. The topological polar surface area (TPSA) is 32.3 Å². The predicted molar refractivity (Wildman–Crippen MR) is 62.5 cm³/mol. The van der Waals surface area contributed by atoms with Gasteiger partial charge in [0.1, 0.15) is 0 Å². The van der Waals surface area contributed by atoms with Crippen LogP contribution in [0, 0.1) is 5.92 Å². The Morgan fingerprint density at radius 2 is 2.13 bits per heavy atom.